The van der Waals surface area contributed by atoms with E-state index in [0.29, 0.717) is 11.8 Å². The molecule has 78 valence electrons. The third-order valence-electron chi connectivity index (χ3n) is 3.12. The Morgan fingerprint density at radius 2 is 1.92 bits per heavy atom. The molecule has 1 aliphatic heterocycles. The van der Waals surface area contributed by atoms with Crippen LogP contribution in [0.25, 0.3) is 0 Å². The molecule has 1 unspecified atom stereocenters. The summed E-state index contributed by atoms with van der Waals surface area (Å²) in [5.41, 5.74) is 0.253. The fraction of sp³-hybridized carbons (Fsp3) is 1.00. The molecule has 1 fully saturated rings. The maximum atomic E-state index is 9.89. The number of hydrogen-bond donors (Lipinski definition) is 1. The predicted octanol–water partition coefficient (Wildman–Crippen LogP) is 2.12. The number of hydrogen-bond acceptors (Lipinski definition) is 3. The molecule has 13 heavy (non-hydrogen) atoms. The molecule has 0 bridgehead atoms. The molecular formula is C10H20O2S. The van der Waals surface area contributed by atoms with E-state index < -0.39 is 0 Å². The van der Waals surface area contributed by atoms with Crippen molar-refractivity contribution in [2.75, 3.05) is 6.26 Å². The smallest absolute Gasteiger partial charge is 0.106 e. The van der Waals surface area contributed by atoms with Crippen LogP contribution in [-0.2, 0) is 4.74 Å². The highest BCUT2D eigenvalue weighted by molar-refractivity contribution is 7.99. The Morgan fingerprint density at radius 3 is 2.38 bits per heavy atom. The molecule has 0 saturated carbocycles. The van der Waals surface area contributed by atoms with Gasteiger partial charge < -0.3 is 9.84 Å². The highest BCUT2D eigenvalue weighted by atomic mass is 32.2. The molecule has 0 aromatic heterocycles. The molecule has 1 saturated heterocycles. The monoisotopic (exact) mass is 204 g/mol. The van der Waals surface area contributed by atoms with Crippen molar-refractivity contribution in [3.05, 3.63) is 0 Å². The number of aliphatic hydroxyl groups excluding tert-OH is 1. The Kier molecular flexibility index (Phi) is 4.07. The molecule has 3 heteroatoms. The molecular weight excluding hydrogens is 184 g/mol. The molecule has 0 aromatic carbocycles. The first-order valence-corrected chi connectivity index (χ1v) is 6.26. The Balaban J connectivity index is 2.66. The van der Waals surface area contributed by atoms with Crippen molar-refractivity contribution < 1.29 is 9.84 Å². The number of thioether (sulfide) groups is 1. The van der Waals surface area contributed by atoms with E-state index in [9.17, 15) is 5.11 Å². The summed E-state index contributed by atoms with van der Waals surface area (Å²) in [5.74, 6) is 0.781. The normalized spacial score (nSPS) is 46.4. The van der Waals surface area contributed by atoms with Gasteiger partial charge >= 0.3 is 0 Å². The van der Waals surface area contributed by atoms with Crippen LogP contribution in [-0.4, -0.2) is 29.0 Å². The lowest BCUT2D eigenvalue weighted by atomic mass is 9.85. The zero-order chi connectivity index (χ0) is 10.0. The lowest BCUT2D eigenvalue weighted by Crippen LogP contribution is -2.47. The Labute approximate surface area is 85.0 Å². The van der Waals surface area contributed by atoms with Gasteiger partial charge in [-0.2, -0.15) is 0 Å². The quantitative estimate of drug-likeness (QED) is 0.747. The van der Waals surface area contributed by atoms with E-state index in [1.807, 2.05) is 0 Å². The summed E-state index contributed by atoms with van der Waals surface area (Å²) in [6.07, 6.45) is 2.71. The summed E-state index contributed by atoms with van der Waals surface area (Å²) in [4.78, 5) is 0. The predicted molar refractivity (Wildman–Crippen MR) is 56.8 cm³/mol. The van der Waals surface area contributed by atoms with E-state index in [1.54, 1.807) is 11.8 Å². The third kappa shape index (κ3) is 2.20. The second-order valence-corrected chi connectivity index (χ2v) is 4.83. The zero-order valence-electron chi connectivity index (χ0n) is 8.86. The van der Waals surface area contributed by atoms with Crippen molar-refractivity contribution >= 4 is 11.8 Å². The van der Waals surface area contributed by atoms with E-state index in [-0.39, 0.29) is 17.6 Å². The molecule has 0 aliphatic carbocycles. The van der Waals surface area contributed by atoms with Crippen molar-refractivity contribution in [1.29, 1.82) is 0 Å². The highest BCUT2D eigenvalue weighted by Crippen LogP contribution is 2.35. The Bertz CT molecular complexity index is 143. The molecule has 1 heterocycles. The van der Waals surface area contributed by atoms with Gasteiger partial charge in [0.05, 0.1) is 12.2 Å². The van der Waals surface area contributed by atoms with Gasteiger partial charge in [-0.05, 0) is 24.5 Å². The maximum absolute atomic E-state index is 9.89. The van der Waals surface area contributed by atoms with Gasteiger partial charge in [0.2, 0.25) is 0 Å². The topological polar surface area (TPSA) is 29.5 Å². The number of ether oxygens (including phenoxy) is 1. The molecule has 0 radical (unpaired) electrons. The van der Waals surface area contributed by atoms with Crippen LogP contribution < -0.4 is 0 Å². The molecule has 5 atom stereocenters. The van der Waals surface area contributed by atoms with Crippen LogP contribution >= 0.6 is 11.8 Å². The van der Waals surface area contributed by atoms with E-state index in [1.165, 1.54) is 0 Å². The lowest BCUT2D eigenvalue weighted by molar-refractivity contribution is -0.138. The van der Waals surface area contributed by atoms with Crippen LogP contribution in [0.15, 0.2) is 0 Å². The largest absolute Gasteiger partial charge is 0.390 e. The van der Waals surface area contributed by atoms with Crippen LogP contribution in [0.5, 0.6) is 0 Å². The van der Waals surface area contributed by atoms with Crippen LogP contribution in [0, 0.1) is 11.8 Å². The summed E-state index contributed by atoms with van der Waals surface area (Å²) in [7, 11) is 0. The fourth-order valence-electron chi connectivity index (χ4n) is 1.88. The van der Waals surface area contributed by atoms with Gasteiger partial charge in [-0.15, -0.1) is 11.8 Å². The minimum Gasteiger partial charge on any atom is -0.390 e. The molecule has 2 nitrogen and oxygen atoms in total. The lowest BCUT2D eigenvalue weighted by Gasteiger charge is -2.41. The van der Waals surface area contributed by atoms with Gasteiger partial charge in [0, 0.05) is 0 Å². The van der Waals surface area contributed by atoms with E-state index in [4.69, 9.17) is 4.74 Å². The first-order chi connectivity index (χ1) is 6.11. The molecule has 0 amide bonds. The summed E-state index contributed by atoms with van der Waals surface area (Å²) in [5, 5.41) is 9.89. The van der Waals surface area contributed by atoms with Crippen LogP contribution in [0.1, 0.15) is 27.2 Å². The van der Waals surface area contributed by atoms with E-state index in [0.717, 1.165) is 6.42 Å². The van der Waals surface area contributed by atoms with Crippen molar-refractivity contribution in [3.8, 4) is 0 Å². The number of rotatable bonds is 2. The van der Waals surface area contributed by atoms with E-state index >= 15 is 0 Å². The van der Waals surface area contributed by atoms with Crippen LogP contribution in [0.4, 0.5) is 0 Å². The summed E-state index contributed by atoms with van der Waals surface area (Å²) >= 11 is 1.75. The number of aliphatic hydroxyl groups is 1. The van der Waals surface area contributed by atoms with Crippen molar-refractivity contribution in [2.24, 2.45) is 11.8 Å². The summed E-state index contributed by atoms with van der Waals surface area (Å²) in [6, 6.07) is 0. The average molecular weight is 204 g/mol. The van der Waals surface area contributed by atoms with Gasteiger partial charge in [0.1, 0.15) is 5.44 Å². The van der Waals surface area contributed by atoms with Gasteiger partial charge in [0.15, 0.2) is 0 Å². The zero-order valence-corrected chi connectivity index (χ0v) is 9.67. The van der Waals surface area contributed by atoms with Crippen molar-refractivity contribution in [1.82, 2.24) is 0 Å². The molecule has 1 N–H and O–H groups in total. The first-order valence-electron chi connectivity index (χ1n) is 4.98. The van der Waals surface area contributed by atoms with Gasteiger partial charge in [-0.1, -0.05) is 20.8 Å². The van der Waals surface area contributed by atoms with Crippen LogP contribution in [0.2, 0.25) is 0 Å². The van der Waals surface area contributed by atoms with Crippen molar-refractivity contribution in [3.63, 3.8) is 0 Å². The Morgan fingerprint density at radius 1 is 1.31 bits per heavy atom. The van der Waals surface area contributed by atoms with E-state index in [2.05, 4.69) is 27.0 Å². The first kappa shape index (κ1) is 11.3. The fourth-order valence-corrected chi connectivity index (χ4v) is 2.81. The maximum Gasteiger partial charge on any atom is 0.106 e. The second-order valence-electron chi connectivity index (χ2n) is 3.90. The van der Waals surface area contributed by atoms with Crippen LogP contribution in [0.3, 0.4) is 0 Å². The standard InChI is InChI=1S/C10H20O2S/c1-5-8-9(11)6(2)7(3)10(12-8)13-4/h6-11H,5H2,1-4H3/t6-,7-,8-,9+,10?/m1/s1. The van der Waals surface area contributed by atoms with Gasteiger partial charge in [-0.25, -0.2) is 0 Å². The second kappa shape index (κ2) is 4.67. The molecule has 1 rings (SSSR count). The summed E-state index contributed by atoms with van der Waals surface area (Å²) in [6.45, 7) is 6.33. The van der Waals surface area contributed by atoms with Crippen molar-refractivity contribution in [2.45, 2.75) is 44.8 Å². The minimum absolute atomic E-state index is 0.0312. The molecule has 0 aromatic rings. The van der Waals surface area contributed by atoms with Gasteiger partial charge in [0.25, 0.3) is 0 Å². The highest BCUT2D eigenvalue weighted by Gasteiger charge is 2.39. The third-order valence-corrected chi connectivity index (χ3v) is 4.13. The Hall–Kier alpha value is 0.270. The SMILES string of the molecule is CC[C@H]1OC(SC)[C@H](C)[C@@H](C)[C@@H]1O. The minimum atomic E-state index is -0.289. The summed E-state index contributed by atoms with van der Waals surface area (Å²) < 4.78 is 5.79. The molecule has 1 aliphatic rings. The van der Waals surface area contributed by atoms with Gasteiger partial charge in [-0.3, -0.25) is 0 Å². The molecule has 0 spiro atoms. The average Bonchev–Trinajstić information content (AvgIpc) is 2.15.